The first-order chi connectivity index (χ1) is 8.65. The van der Waals surface area contributed by atoms with Gasteiger partial charge in [0.1, 0.15) is 0 Å². The molecule has 3 rings (SSSR count). The van der Waals surface area contributed by atoms with Crippen LogP contribution in [0.5, 0.6) is 0 Å². The Morgan fingerprint density at radius 2 is 1.83 bits per heavy atom. The molecule has 7 nitrogen and oxygen atoms in total. The van der Waals surface area contributed by atoms with Crippen molar-refractivity contribution in [3.8, 4) is 11.4 Å². The summed E-state index contributed by atoms with van der Waals surface area (Å²) in [6.45, 7) is 0. The number of aromatic nitrogens is 5. The van der Waals surface area contributed by atoms with Gasteiger partial charge >= 0.3 is 5.69 Å². The molecule has 0 spiro atoms. The van der Waals surface area contributed by atoms with Crippen LogP contribution in [0.4, 0.5) is 0 Å². The molecule has 0 atom stereocenters. The summed E-state index contributed by atoms with van der Waals surface area (Å²) in [6.07, 6.45) is 0. The van der Waals surface area contributed by atoms with Crippen LogP contribution >= 0.6 is 15.9 Å². The molecule has 0 bridgehead atoms. The Labute approximate surface area is 108 Å². The van der Waals surface area contributed by atoms with Gasteiger partial charge in [-0.15, -0.1) is 10.2 Å². The molecule has 0 radical (unpaired) electrons. The predicted molar refractivity (Wildman–Crippen MR) is 67.4 cm³/mol. The minimum atomic E-state index is -0.606. The van der Waals surface area contributed by atoms with E-state index in [2.05, 4.69) is 36.2 Å². The number of hydrogen-bond acceptors (Lipinski definition) is 4. The number of hydrogen-bond donors (Lipinski definition) is 2. The highest BCUT2D eigenvalue weighted by Gasteiger charge is 2.11. The Morgan fingerprint density at radius 3 is 2.56 bits per heavy atom. The lowest BCUT2D eigenvalue weighted by Crippen LogP contribution is -2.26. The van der Waals surface area contributed by atoms with Crippen LogP contribution in [-0.2, 0) is 0 Å². The summed E-state index contributed by atoms with van der Waals surface area (Å²) in [5, 5.41) is 10.1. The van der Waals surface area contributed by atoms with Gasteiger partial charge in [0.25, 0.3) is 5.56 Å². The van der Waals surface area contributed by atoms with Gasteiger partial charge < -0.3 is 0 Å². The fourth-order valence-electron chi connectivity index (χ4n) is 1.61. The van der Waals surface area contributed by atoms with Crippen LogP contribution in [0.25, 0.3) is 17.0 Å². The van der Waals surface area contributed by atoms with Crippen LogP contribution in [0.15, 0.2) is 38.3 Å². The van der Waals surface area contributed by atoms with E-state index in [1.165, 1.54) is 4.52 Å². The maximum absolute atomic E-state index is 11.5. The first-order valence-corrected chi connectivity index (χ1v) is 5.78. The average molecular weight is 308 g/mol. The molecule has 1 aromatic carbocycles. The lowest BCUT2D eigenvalue weighted by molar-refractivity contribution is 0.843. The average Bonchev–Trinajstić information content (AvgIpc) is 2.74. The maximum atomic E-state index is 11.5. The number of fused-ring (bicyclic) bond motifs is 1. The number of H-pyrrole nitrogens is 2. The van der Waals surface area contributed by atoms with E-state index in [1.807, 2.05) is 12.1 Å². The van der Waals surface area contributed by atoms with Gasteiger partial charge in [-0.25, -0.2) is 14.4 Å². The SMILES string of the molecule is O=c1[nH]c(=O)c2nnc(-c3ccc(Br)cc3)n2[nH]1. The Morgan fingerprint density at radius 1 is 1.11 bits per heavy atom. The molecule has 2 heterocycles. The number of rotatable bonds is 1. The third-order valence-corrected chi connectivity index (χ3v) is 2.94. The van der Waals surface area contributed by atoms with Crippen molar-refractivity contribution in [1.82, 2.24) is 24.8 Å². The van der Waals surface area contributed by atoms with E-state index in [0.717, 1.165) is 10.0 Å². The fourth-order valence-corrected chi connectivity index (χ4v) is 1.88. The highest BCUT2D eigenvalue weighted by atomic mass is 79.9. The summed E-state index contributed by atoms with van der Waals surface area (Å²) in [5.41, 5.74) is -0.389. The molecule has 0 aliphatic heterocycles. The first kappa shape index (κ1) is 10.9. The molecular formula is C10H6BrN5O2. The van der Waals surface area contributed by atoms with Crippen molar-refractivity contribution in [2.45, 2.75) is 0 Å². The van der Waals surface area contributed by atoms with Crippen molar-refractivity contribution >= 4 is 21.6 Å². The summed E-state index contributed by atoms with van der Waals surface area (Å²) in [7, 11) is 0. The van der Waals surface area contributed by atoms with Crippen molar-refractivity contribution in [2.75, 3.05) is 0 Å². The smallest absolute Gasteiger partial charge is 0.270 e. The quantitative estimate of drug-likeness (QED) is 0.685. The summed E-state index contributed by atoms with van der Waals surface area (Å²) in [5.74, 6) is 0.403. The van der Waals surface area contributed by atoms with E-state index < -0.39 is 11.2 Å². The number of aromatic amines is 2. The fraction of sp³-hybridized carbons (Fsp3) is 0. The molecular weight excluding hydrogens is 302 g/mol. The standard InChI is InChI=1S/C10H6BrN5O2/c11-6-3-1-5(2-4-6)7-13-14-8-9(17)12-10(18)15-16(7)8/h1-4H,(H2,12,15,17,18). The lowest BCUT2D eigenvalue weighted by atomic mass is 10.2. The van der Waals surface area contributed by atoms with E-state index in [9.17, 15) is 9.59 Å². The molecule has 2 N–H and O–H groups in total. The van der Waals surface area contributed by atoms with Crippen LogP contribution in [-0.4, -0.2) is 24.8 Å². The van der Waals surface area contributed by atoms with Crippen LogP contribution in [0, 0.1) is 0 Å². The molecule has 0 amide bonds. The second kappa shape index (κ2) is 3.91. The third-order valence-electron chi connectivity index (χ3n) is 2.41. The third kappa shape index (κ3) is 1.66. The van der Waals surface area contributed by atoms with E-state index in [4.69, 9.17) is 0 Å². The van der Waals surface area contributed by atoms with Crippen LogP contribution in [0.2, 0.25) is 0 Å². The van der Waals surface area contributed by atoms with Gasteiger partial charge in [-0.2, -0.15) is 0 Å². The molecule has 18 heavy (non-hydrogen) atoms. The van der Waals surface area contributed by atoms with Crippen LogP contribution in [0.1, 0.15) is 0 Å². The van der Waals surface area contributed by atoms with Crippen molar-refractivity contribution < 1.29 is 0 Å². The molecule has 0 fully saturated rings. The molecule has 0 unspecified atom stereocenters. The predicted octanol–water partition coefficient (Wildman–Crippen LogP) is 0.535. The molecule has 0 saturated carbocycles. The van der Waals surface area contributed by atoms with Gasteiger partial charge in [0.2, 0.25) is 5.65 Å². The maximum Gasteiger partial charge on any atom is 0.341 e. The normalized spacial score (nSPS) is 10.9. The number of nitrogens with zero attached hydrogens (tertiary/aromatic N) is 3. The molecule has 90 valence electrons. The van der Waals surface area contributed by atoms with Crippen molar-refractivity contribution in [3.05, 3.63) is 49.6 Å². The minimum Gasteiger partial charge on any atom is -0.270 e. The molecule has 0 aliphatic rings. The Hall–Kier alpha value is -2.22. The summed E-state index contributed by atoms with van der Waals surface area (Å²) in [6, 6.07) is 7.28. The molecule has 0 saturated heterocycles. The van der Waals surface area contributed by atoms with Gasteiger partial charge in [-0.05, 0) is 12.1 Å². The van der Waals surface area contributed by atoms with Crippen LogP contribution < -0.4 is 11.2 Å². The van der Waals surface area contributed by atoms with Gasteiger partial charge in [0.05, 0.1) is 0 Å². The van der Waals surface area contributed by atoms with E-state index >= 15 is 0 Å². The van der Waals surface area contributed by atoms with Gasteiger partial charge in [-0.3, -0.25) is 9.78 Å². The summed E-state index contributed by atoms with van der Waals surface area (Å²) in [4.78, 5) is 24.8. The zero-order valence-corrected chi connectivity index (χ0v) is 10.4. The highest BCUT2D eigenvalue weighted by Crippen LogP contribution is 2.18. The van der Waals surface area contributed by atoms with E-state index in [0.29, 0.717) is 5.82 Å². The monoisotopic (exact) mass is 307 g/mol. The Bertz CT molecular complexity index is 830. The second-order valence-corrected chi connectivity index (χ2v) is 4.50. The minimum absolute atomic E-state index is 0.0486. The topological polar surface area (TPSA) is 95.9 Å². The number of halogens is 1. The Balaban J connectivity index is 2.33. The number of nitrogens with one attached hydrogen (secondary N) is 2. The first-order valence-electron chi connectivity index (χ1n) is 4.99. The van der Waals surface area contributed by atoms with Crippen molar-refractivity contribution in [1.29, 1.82) is 0 Å². The lowest BCUT2D eigenvalue weighted by Gasteiger charge is -1.99. The van der Waals surface area contributed by atoms with E-state index in [-0.39, 0.29) is 5.65 Å². The zero-order valence-electron chi connectivity index (χ0n) is 8.85. The Kier molecular flexibility index (Phi) is 2.37. The van der Waals surface area contributed by atoms with Gasteiger partial charge in [0, 0.05) is 10.0 Å². The zero-order chi connectivity index (χ0) is 12.7. The number of benzene rings is 1. The molecule has 0 aliphatic carbocycles. The second-order valence-electron chi connectivity index (χ2n) is 3.58. The van der Waals surface area contributed by atoms with E-state index in [1.54, 1.807) is 12.1 Å². The summed E-state index contributed by atoms with van der Waals surface area (Å²) >= 11 is 3.33. The molecule has 2 aromatic heterocycles. The van der Waals surface area contributed by atoms with Crippen molar-refractivity contribution in [3.63, 3.8) is 0 Å². The van der Waals surface area contributed by atoms with Gasteiger partial charge in [0.15, 0.2) is 5.82 Å². The van der Waals surface area contributed by atoms with Gasteiger partial charge in [-0.1, -0.05) is 28.1 Å². The van der Waals surface area contributed by atoms with Crippen molar-refractivity contribution in [2.24, 2.45) is 0 Å². The highest BCUT2D eigenvalue weighted by molar-refractivity contribution is 9.10. The molecule has 8 heteroatoms. The molecule has 3 aromatic rings. The van der Waals surface area contributed by atoms with Crippen LogP contribution in [0.3, 0.4) is 0 Å². The largest absolute Gasteiger partial charge is 0.341 e. The summed E-state index contributed by atoms with van der Waals surface area (Å²) < 4.78 is 2.19.